The van der Waals surface area contributed by atoms with Crippen LogP contribution in [0.1, 0.15) is 46.7 Å². The van der Waals surface area contributed by atoms with Gasteiger partial charge in [0.2, 0.25) is 11.8 Å². The molecular formula is C29H30F3N3O5. The van der Waals surface area contributed by atoms with E-state index in [1.54, 1.807) is 16.6 Å². The van der Waals surface area contributed by atoms with Gasteiger partial charge in [-0.2, -0.15) is 0 Å². The number of ether oxygens (including phenoxy) is 2. The van der Waals surface area contributed by atoms with E-state index in [0.717, 1.165) is 47.7 Å². The van der Waals surface area contributed by atoms with E-state index in [1.165, 1.54) is 12.8 Å². The van der Waals surface area contributed by atoms with Crippen molar-refractivity contribution < 1.29 is 32.2 Å². The number of nitrogens with zero attached hydrogens (tertiary/aromatic N) is 2. The summed E-state index contributed by atoms with van der Waals surface area (Å²) in [6.07, 6.45) is -0.0480. The Morgan fingerprint density at radius 1 is 1.00 bits per heavy atom. The molecule has 212 valence electrons. The highest BCUT2D eigenvalue weighted by atomic mass is 19.4. The number of nitrogens with two attached hydrogens (primary N) is 1. The molecule has 0 radical (unpaired) electrons. The Labute approximate surface area is 229 Å². The quantitative estimate of drug-likeness (QED) is 0.450. The van der Waals surface area contributed by atoms with E-state index in [-0.39, 0.29) is 28.7 Å². The molecule has 1 saturated carbocycles. The fourth-order valence-corrected chi connectivity index (χ4v) is 4.55. The minimum Gasteiger partial charge on any atom is -0.497 e. The number of aryl methyl sites for hydroxylation is 1. The average molecular weight is 558 g/mol. The highest BCUT2D eigenvalue weighted by Gasteiger charge is 2.34. The molecular weight excluding hydrogens is 527 g/mol. The number of aromatic nitrogens is 1. The molecule has 3 aromatic rings. The summed E-state index contributed by atoms with van der Waals surface area (Å²) in [5.74, 6) is 0.451. The van der Waals surface area contributed by atoms with Crippen LogP contribution in [0.25, 0.3) is 0 Å². The van der Waals surface area contributed by atoms with Crippen LogP contribution in [0.15, 0.2) is 65.6 Å². The van der Waals surface area contributed by atoms with Crippen molar-refractivity contribution >= 4 is 17.5 Å². The summed E-state index contributed by atoms with van der Waals surface area (Å²) >= 11 is 0. The standard InChI is InChI=1S/C21H24N2O3.C8H6F3NO2/c1-14-9-10-22(12-15-3-4-15)21(25)20(14)23-13-17(11-19(23)24)16-5-7-18(26-2)8-6-16;9-8(10,11)14-6-3-1-5(2-4-6)7(12)13/h5-10,15,17H,3-4,11-13H2,1-2H3;1-4H,(H2,12,13). The van der Waals surface area contributed by atoms with Crippen LogP contribution in [0, 0.1) is 12.8 Å². The zero-order chi connectivity index (χ0) is 29.0. The molecule has 0 spiro atoms. The predicted octanol–water partition coefficient (Wildman–Crippen LogP) is 4.78. The van der Waals surface area contributed by atoms with Crippen LogP contribution < -0.4 is 25.7 Å². The molecule has 5 rings (SSSR count). The first-order valence-corrected chi connectivity index (χ1v) is 12.7. The molecule has 1 aromatic heterocycles. The third kappa shape index (κ3) is 7.22. The van der Waals surface area contributed by atoms with Gasteiger partial charge in [0.05, 0.1) is 7.11 Å². The lowest BCUT2D eigenvalue weighted by Gasteiger charge is -2.20. The summed E-state index contributed by atoms with van der Waals surface area (Å²) in [5.41, 5.74) is 7.49. The van der Waals surface area contributed by atoms with Crippen LogP contribution in [-0.2, 0) is 11.3 Å². The lowest BCUT2D eigenvalue weighted by atomic mass is 9.98. The van der Waals surface area contributed by atoms with Crippen molar-refractivity contribution in [1.82, 2.24) is 4.57 Å². The van der Waals surface area contributed by atoms with Crippen molar-refractivity contribution in [3.8, 4) is 11.5 Å². The molecule has 1 aliphatic carbocycles. The summed E-state index contributed by atoms with van der Waals surface area (Å²) in [7, 11) is 1.64. The van der Waals surface area contributed by atoms with Gasteiger partial charge in [-0.15, -0.1) is 13.2 Å². The zero-order valence-electron chi connectivity index (χ0n) is 22.1. The van der Waals surface area contributed by atoms with Gasteiger partial charge in [0.25, 0.3) is 5.56 Å². The molecule has 0 bridgehead atoms. The number of amides is 2. The first kappa shape index (κ1) is 28.7. The van der Waals surface area contributed by atoms with Crippen molar-refractivity contribution in [1.29, 1.82) is 0 Å². The van der Waals surface area contributed by atoms with Crippen molar-refractivity contribution in [2.45, 2.75) is 45.0 Å². The number of pyridine rings is 1. The minimum absolute atomic E-state index is 0.0233. The molecule has 8 nitrogen and oxygen atoms in total. The van der Waals surface area contributed by atoms with Gasteiger partial charge in [0.15, 0.2) is 0 Å². The Balaban J connectivity index is 0.000000224. The topological polar surface area (TPSA) is 104 Å². The van der Waals surface area contributed by atoms with Crippen LogP contribution in [-0.4, -0.2) is 36.4 Å². The lowest BCUT2D eigenvalue weighted by Crippen LogP contribution is -2.34. The number of hydrogen-bond donors (Lipinski definition) is 1. The third-order valence-electron chi connectivity index (χ3n) is 6.85. The summed E-state index contributed by atoms with van der Waals surface area (Å²) in [6.45, 7) is 3.22. The number of benzene rings is 2. The molecule has 11 heteroatoms. The maximum absolute atomic E-state index is 13.0. The SMILES string of the molecule is COc1ccc(C2CC(=O)N(c3c(C)ccn(CC4CC4)c3=O)C2)cc1.NC(=O)c1ccc(OC(F)(F)F)cc1. The van der Waals surface area contributed by atoms with E-state index in [4.69, 9.17) is 10.5 Å². The van der Waals surface area contributed by atoms with Gasteiger partial charge in [-0.25, -0.2) is 0 Å². The van der Waals surface area contributed by atoms with Crippen molar-refractivity contribution in [2.75, 3.05) is 18.6 Å². The highest BCUT2D eigenvalue weighted by Crippen LogP contribution is 2.33. The fraction of sp³-hybridized carbons (Fsp3) is 0.345. The fourth-order valence-electron chi connectivity index (χ4n) is 4.55. The lowest BCUT2D eigenvalue weighted by molar-refractivity contribution is -0.274. The monoisotopic (exact) mass is 557 g/mol. The minimum atomic E-state index is -4.73. The number of hydrogen-bond acceptors (Lipinski definition) is 5. The van der Waals surface area contributed by atoms with Crippen LogP contribution >= 0.6 is 0 Å². The molecule has 1 atom stereocenters. The Morgan fingerprint density at radius 3 is 2.17 bits per heavy atom. The number of carbonyl (C=O) groups is 2. The summed E-state index contributed by atoms with van der Waals surface area (Å²) in [5, 5.41) is 0. The van der Waals surface area contributed by atoms with E-state index in [0.29, 0.717) is 24.6 Å². The number of halogens is 3. The molecule has 2 heterocycles. The second kappa shape index (κ2) is 11.8. The number of methoxy groups -OCH3 is 1. The van der Waals surface area contributed by atoms with Crippen LogP contribution in [0.3, 0.4) is 0 Å². The molecule has 2 N–H and O–H groups in total. The van der Waals surface area contributed by atoms with Crippen molar-refractivity contribution in [2.24, 2.45) is 11.7 Å². The first-order chi connectivity index (χ1) is 18.9. The van der Waals surface area contributed by atoms with Gasteiger partial charge in [0, 0.05) is 37.2 Å². The number of anilines is 1. The summed E-state index contributed by atoms with van der Waals surface area (Å²) in [4.78, 5) is 37.9. The Kier molecular flexibility index (Phi) is 8.51. The van der Waals surface area contributed by atoms with E-state index >= 15 is 0 Å². The Hall–Kier alpha value is -4.28. The van der Waals surface area contributed by atoms with Gasteiger partial charge in [-0.1, -0.05) is 12.1 Å². The van der Waals surface area contributed by atoms with E-state index in [9.17, 15) is 27.6 Å². The molecule has 2 fully saturated rings. The second-order valence-electron chi connectivity index (χ2n) is 9.86. The molecule has 2 amide bonds. The normalized spacial score (nSPS) is 16.8. The van der Waals surface area contributed by atoms with Gasteiger partial charge in [0.1, 0.15) is 17.2 Å². The first-order valence-electron chi connectivity index (χ1n) is 12.7. The van der Waals surface area contributed by atoms with E-state index < -0.39 is 12.3 Å². The van der Waals surface area contributed by atoms with Gasteiger partial charge < -0.3 is 24.7 Å². The molecule has 2 aromatic carbocycles. The molecule has 1 unspecified atom stereocenters. The van der Waals surface area contributed by atoms with E-state index in [1.807, 2.05) is 43.5 Å². The number of alkyl halides is 3. The van der Waals surface area contributed by atoms with Gasteiger partial charge in [-0.3, -0.25) is 14.4 Å². The smallest absolute Gasteiger partial charge is 0.497 e. The third-order valence-corrected chi connectivity index (χ3v) is 6.85. The van der Waals surface area contributed by atoms with E-state index in [2.05, 4.69) is 4.74 Å². The van der Waals surface area contributed by atoms with Gasteiger partial charge >= 0.3 is 6.36 Å². The molecule has 1 aliphatic heterocycles. The number of rotatable bonds is 7. The van der Waals surface area contributed by atoms with Crippen LogP contribution in [0.2, 0.25) is 0 Å². The number of primary amides is 1. The zero-order valence-corrected chi connectivity index (χ0v) is 22.1. The Morgan fingerprint density at radius 2 is 1.62 bits per heavy atom. The number of carbonyl (C=O) groups excluding carboxylic acids is 2. The maximum atomic E-state index is 13.0. The van der Waals surface area contributed by atoms with Crippen molar-refractivity contribution in [3.63, 3.8) is 0 Å². The van der Waals surface area contributed by atoms with Gasteiger partial charge in [-0.05, 0) is 79.3 Å². The average Bonchev–Trinajstić information content (AvgIpc) is 3.65. The largest absolute Gasteiger partial charge is 0.573 e. The highest BCUT2D eigenvalue weighted by molar-refractivity contribution is 5.97. The molecule has 1 saturated heterocycles. The van der Waals surface area contributed by atoms with Crippen molar-refractivity contribution in [3.05, 3.63) is 87.8 Å². The molecule has 40 heavy (non-hydrogen) atoms. The Bertz CT molecular complexity index is 1410. The van der Waals surface area contributed by atoms with Crippen LogP contribution in [0.5, 0.6) is 11.5 Å². The molecule has 2 aliphatic rings. The summed E-state index contributed by atoms with van der Waals surface area (Å²) in [6, 6.07) is 14.1. The predicted molar refractivity (Wildman–Crippen MR) is 143 cm³/mol. The van der Waals surface area contributed by atoms with Crippen LogP contribution in [0.4, 0.5) is 18.9 Å². The maximum Gasteiger partial charge on any atom is 0.573 e. The summed E-state index contributed by atoms with van der Waals surface area (Å²) < 4.78 is 45.6. The second-order valence-corrected chi connectivity index (χ2v) is 9.86.